The molecule has 1 aromatic rings. The van der Waals surface area contributed by atoms with E-state index in [2.05, 4.69) is 30.7 Å². The molecule has 0 aromatic carbocycles. The second-order valence-corrected chi connectivity index (χ2v) is 5.05. The van der Waals surface area contributed by atoms with E-state index in [4.69, 9.17) is 11.6 Å². The second kappa shape index (κ2) is 6.46. The summed E-state index contributed by atoms with van der Waals surface area (Å²) in [5.41, 5.74) is 1.00. The van der Waals surface area contributed by atoms with Gasteiger partial charge < -0.3 is 4.90 Å². The Labute approximate surface area is 101 Å². The van der Waals surface area contributed by atoms with Crippen LogP contribution in [0.25, 0.3) is 0 Å². The van der Waals surface area contributed by atoms with Crippen molar-refractivity contribution in [3.05, 3.63) is 16.1 Å². The molecule has 0 amide bonds. The summed E-state index contributed by atoms with van der Waals surface area (Å²) in [6.07, 6.45) is 1.04. The maximum atomic E-state index is 5.71. The number of halogens is 1. The first kappa shape index (κ1) is 12.9. The molecule has 0 atom stereocenters. The predicted octanol–water partition coefficient (Wildman–Crippen LogP) is 3.15. The van der Waals surface area contributed by atoms with E-state index in [1.807, 2.05) is 5.38 Å². The highest BCUT2D eigenvalue weighted by atomic mass is 35.5. The van der Waals surface area contributed by atoms with Crippen LogP contribution in [0.3, 0.4) is 0 Å². The molecule has 0 spiro atoms. The van der Waals surface area contributed by atoms with Crippen molar-refractivity contribution in [2.45, 2.75) is 39.1 Å². The minimum atomic E-state index is 0.526. The van der Waals surface area contributed by atoms with Gasteiger partial charge in [0, 0.05) is 24.4 Å². The van der Waals surface area contributed by atoms with Crippen LogP contribution >= 0.6 is 22.9 Å². The zero-order valence-corrected chi connectivity index (χ0v) is 11.2. The Balaban J connectivity index is 2.41. The van der Waals surface area contributed by atoms with E-state index in [0.717, 1.165) is 25.2 Å². The van der Waals surface area contributed by atoms with Gasteiger partial charge in [-0.1, -0.05) is 6.92 Å². The van der Waals surface area contributed by atoms with Crippen molar-refractivity contribution in [1.82, 2.24) is 9.88 Å². The number of hydrogen-bond donors (Lipinski definition) is 0. The van der Waals surface area contributed by atoms with E-state index in [1.165, 1.54) is 5.01 Å². The van der Waals surface area contributed by atoms with Crippen LogP contribution in [0.4, 0.5) is 0 Å². The number of nitrogens with zero attached hydrogens (tertiary/aromatic N) is 2. The Morgan fingerprint density at radius 3 is 2.73 bits per heavy atom. The number of rotatable bonds is 6. The normalized spacial score (nSPS) is 11.6. The molecule has 86 valence electrons. The third-order valence-corrected chi connectivity index (χ3v) is 3.72. The van der Waals surface area contributed by atoms with Crippen molar-refractivity contribution in [3.63, 3.8) is 0 Å². The molecule has 0 radical (unpaired) electrons. The Bertz CT molecular complexity index is 286. The highest BCUT2D eigenvalue weighted by Crippen LogP contribution is 2.13. The Kier molecular flexibility index (Phi) is 5.58. The molecule has 0 aliphatic rings. The molecule has 1 rings (SSSR count). The van der Waals surface area contributed by atoms with Crippen molar-refractivity contribution in [2.75, 3.05) is 13.1 Å². The van der Waals surface area contributed by atoms with Gasteiger partial charge in [-0.2, -0.15) is 0 Å². The molecule has 0 unspecified atom stereocenters. The van der Waals surface area contributed by atoms with Gasteiger partial charge >= 0.3 is 0 Å². The number of thiazole rings is 1. The maximum absolute atomic E-state index is 5.71. The lowest BCUT2D eigenvalue weighted by molar-refractivity contribution is 0.236. The smallest absolute Gasteiger partial charge is 0.0941 e. The molecule has 0 saturated heterocycles. The van der Waals surface area contributed by atoms with Crippen molar-refractivity contribution in [3.8, 4) is 0 Å². The van der Waals surface area contributed by atoms with Crippen molar-refractivity contribution in [2.24, 2.45) is 0 Å². The topological polar surface area (TPSA) is 16.1 Å². The third kappa shape index (κ3) is 4.09. The largest absolute Gasteiger partial charge is 0.301 e. The van der Waals surface area contributed by atoms with E-state index >= 15 is 0 Å². The average Bonchev–Trinajstić information content (AvgIpc) is 2.66. The highest BCUT2D eigenvalue weighted by Gasteiger charge is 2.08. The van der Waals surface area contributed by atoms with Crippen LogP contribution in [0.2, 0.25) is 0 Å². The first-order chi connectivity index (χ1) is 7.17. The minimum Gasteiger partial charge on any atom is -0.301 e. The SMILES string of the molecule is CCN(CCc1nc(CCl)cs1)C(C)C. The molecule has 0 N–H and O–H groups in total. The van der Waals surface area contributed by atoms with E-state index in [1.54, 1.807) is 11.3 Å². The van der Waals surface area contributed by atoms with Crippen LogP contribution in [0.5, 0.6) is 0 Å². The molecule has 4 heteroatoms. The fourth-order valence-corrected chi connectivity index (χ4v) is 2.56. The summed E-state index contributed by atoms with van der Waals surface area (Å²) in [5.74, 6) is 0.526. The summed E-state index contributed by atoms with van der Waals surface area (Å²) >= 11 is 7.43. The number of alkyl halides is 1. The van der Waals surface area contributed by atoms with Crippen molar-refractivity contribution in [1.29, 1.82) is 0 Å². The first-order valence-corrected chi connectivity index (χ1v) is 6.82. The van der Waals surface area contributed by atoms with E-state index in [-0.39, 0.29) is 0 Å². The van der Waals surface area contributed by atoms with E-state index in [9.17, 15) is 0 Å². The van der Waals surface area contributed by atoms with Crippen LogP contribution < -0.4 is 0 Å². The average molecular weight is 247 g/mol. The van der Waals surface area contributed by atoms with Crippen LogP contribution in [0.15, 0.2) is 5.38 Å². The lowest BCUT2D eigenvalue weighted by Crippen LogP contribution is -2.32. The summed E-state index contributed by atoms with van der Waals surface area (Å²) < 4.78 is 0. The zero-order valence-electron chi connectivity index (χ0n) is 9.66. The quantitative estimate of drug-likeness (QED) is 0.717. The van der Waals surface area contributed by atoms with Crippen molar-refractivity contribution >= 4 is 22.9 Å². The molecule has 1 heterocycles. The lowest BCUT2D eigenvalue weighted by Gasteiger charge is -2.23. The molecule has 0 aliphatic carbocycles. The standard InChI is InChI=1S/C11H19ClN2S/c1-4-14(9(2)3)6-5-11-13-10(7-12)8-15-11/h8-9H,4-7H2,1-3H3. The number of likely N-dealkylation sites (N-methyl/N-ethyl adjacent to an activating group) is 1. The molecule has 2 nitrogen and oxygen atoms in total. The summed E-state index contributed by atoms with van der Waals surface area (Å²) in [7, 11) is 0. The second-order valence-electron chi connectivity index (χ2n) is 3.84. The summed E-state index contributed by atoms with van der Waals surface area (Å²) in [6.45, 7) is 8.85. The van der Waals surface area contributed by atoms with Gasteiger partial charge in [-0.05, 0) is 20.4 Å². The summed E-state index contributed by atoms with van der Waals surface area (Å²) in [5, 5.41) is 3.25. The molecule has 0 fully saturated rings. The molecule has 0 aliphatic heterocycles. The predicted molar refractivity (Wildman–Crippen MR) is 67.8 cm³/mol. The van der Waals surface area contributed by atoms with Crippen LogP contribution in [0.1, 0.15) is 31.5 Å². The van der Waals surface area contributed by atoms with E-state index in [0.29, 0.717) is 11.9 Å². The number of aromatic nitrogens is 1. The lowest BCUT2D eigenvalue weighted by atomic mass is 10.3. The van der Waals surface area contributed by atoms with Gasteiger partial charge in [0.2, 0.25) is 0 Å². The van der Waals surface area contributed by atoms with E-state index < -0.39 is 0 Å². The Morgan fingerprint density at radius 2 is 2.27 bits per heavy atom. The molecule has 15 heavy (non-hydrogen) atoms. The first-order valence-electron chi connectivity index (χ1n) is 5.40. The van der Waals surface area contributed by atoms with Crippen LogP contribution in [0, 0.1) is 0 Å². The monoisotopic (exact) mass is 246 g/mol. The summed E-state index contributed by atoms with van der Waals surface area (Å²) in [6, 6.07) is 0.613. The van der Waals surface area contributed by atoms with Gasteiger partial charge in [-0.3, -0.25) is 0 Å². The third-order valence-electron chi connectivity index (χ3n) is 2.49. The zero-order chi connectivity index (χ0) is 11.3. The van der Waals surface area contributed by atoms with Gasteiger partial charge in [0.05, 0.1) is 16.6 Å². The molecule has 1 aromatic heterocycles. The Hall–Kier alpha value is -0.120. The van der Waals surface area contributed by atoms with Crippen molar-refractivity contribution < 1.29 is 0 Å². The fourth-order valence-electron chi connectivity index (χ4n) is 1.55. The molecular formula is C11H19ClN2S. The fraction of sp³-hybridized carbons (Fsp3) is 0.727. The Morgan fingerprint density at radius 1 is 1.53 bits per heavy atom. The van der Waals surface area contributed by atoms with Gasteiger partial charge in [0.15, 0.2) is 0 Å². The summed E-state index contributed by atoms with van der Waals surface area (Å²) in [4.78, 5) is 6.90. The van der Waals surface area contributed by atoms with Gasteiger partial charge in [0.25, 0.3) is 0 Å². The van der Waals surface area contributed by atoms with Crippen LogP contribution in [-0.4, -0.2) is 29.0 Å². The highest BCUT2D eigenvalue weighted by molar-refractivity contribution is 7.09. The van der Waals surface area contributed by atoms with Gasteiger partial charge in [0.1, 0.15) is 0 Å². The maximum Gasteiger partial charge on any atom is 0.0941 e. The van der Waals surface area contributed by atoms with Crippen LogP contribution in [-0.2, 0) is 12.3 Å². The molecule has 0 bridgehead atoms. The van der Waals surface area contributed by atoms with Gasteiger partial charge in [-0.25, -0.2) is 4.98 Å². The minimum absolute atomic E-state index is 0.526. The number of hydrogen-bond acceptors (Lipinski definition) is 3. The van der Waals surface area contributed by atoms with Gasteiger partial charge in [-0.15, -0.1) is 22.9 Å². The molecular weight excluding hydrogens is 228 g/mol. The molecule has 0 saturated carbocycles.